The Morgan fingerprint density at radius 3 is 1.65 bits per heavy atom. The van der Waals surface area contributed by atoms with Crippen molar-refractivity contribution < 1.29 is 29.3 Å². The zero-order chi connectivity index (χ0) is 19.8. The van der Waals surface area contributed by atoms with Crippen LogP contribution in [0.4, 0.5) is 0 Å². The van der Waals surface area contributed by atoms with Crippen molar-refractivity contribution in [3.63, 3.8) is 0 Å². The van der Waals surface area contributed by atoms with Crippen molar-refractivity contribution in [2.75, 3.05) is 0 Å². The monoisotopic (exact) mass is 370 g/mol. The third-order valence-electron chi connectivity index (χ3n) is 4.08. The van der Waals surface area contributed by atoms with Gasteiger partial charge in [0.15, 0.2) is 6.10 Å². The highest BCUT2D eigenvalue weighted by Crippen LogP contribution is 2.21. The molecule has 150 valence electrons. The van der Waals surface area contributed by atoms with E-state index in [2.05, 4.69) is 29.6 Å². The number of hydrogen-bond acceptors (Lipinski definition) is 6. The van der Waals surface area contributed by atoms with Crippen molar-refractivity contribution in [1.82, 2.24) is 0 Å². The van der Waals surface area contributed by atoms with E-state index in [0.29, 0.717) is 6.42 Å². The summed E-state index contributed by atoms with van der Waals surface area (Å²) in [6.07, 6.45) is 11.4. The van der Waals surface area contributed by atoms with Crippen LogP contribution in [0.1, 0.15) is 77.6 Å². The Morgan fingerprint density at radius 2 is 1.27 bits per heavy atom. The molecule has 0 rings (SSSR count). The standard InChI is InChI=1S/C20H34O6/c1-4-7-8-9-10-11-12-13-14-15-16-17(21)20(24,25-18(22)5-2)26-19(23)6-3/h5-6,17,21,24H,2-4,7-16H2,1H3. The number of aliphatic hydroxyl groups is 2. The first-order valence-electron chi connectivity index (χ1n) is 9.50. The lowest BCUT2D eigenvalue weighted by Gasteiger charge is -2.30. The predicted octanol–water partition coefficient (Wildman–Crippen LogP) is 3.76. The Morgan fingerprint density at radius 1 is 0.885 bits per heavy atom. The van der Waals surface area contributed by atoms with E-state index < -0.39 is 24.0 Å². The number of unbranched alkanes of at least 4 members (excludes halogenated alkanes) is 9. The summed E-state index contributed by atoms with van der Waals surface area (Å²) in [7, 11) is 0. The van der Waals surface area contributed by atoms with Crippen molar-refractivity contribution in [3.05, 3.63) is 25.3 Å². The minimum Gasteiger partial charge on any atom is -0.393 e. The lowest BCUT2D eigenvalue weighted by molar-refractivity contribution is -0.358. The fraction of sp³-hybridized carbons (Fsp3) is 0.700. The van der Waals surface area contributed by atoms with Crippen LogP contribution in [0.2, 0.25) is 0 Å². The molecule has 6 heteroatoms. The van der Waals surface area contributed by atoms with Crippen molar-refractivity contribution in [1.29, 1.82) is 0 Å². The van der Waals surface area contributed by atoms with E-state index in [-0.39, 0.29) is 6.42 Å². The average molecular weight is 370 g/mol. The quantitative estimate of drug-likeness (QED) is 0.186. The maximum Gasteiger partial charge on any atom is 0.401 e. The van der Waals surface area contributed by atoms with E-state index in [0.717, 1.165) is 31.4 Å². The topological polar surface area (TPSA) is 93.1 Å². The van der Waals surface area contributed by atoms with Crippen LogP contribution < -0.4 is 0 Å². The van der Waals surface area contributed by atoms with Crippen LogP contribution in [0.25, 0.3) is 0 Å². The summed E-state index contributed by atoms with van der Waals surface area (Å²) in [5.41, 5.74) is 0. The normalized spacial score (nSPS) is 12.3. The Kier molecular flexibility index (Phi) is 13.6. The molecule has 0 aliphatic rings. The highest BCUT2D eigenvalue weighted by atomic mass is 16.8. The van der Waals surface area contributed by atoms with Gasteiger partial charge in [-0.2, -0.15) is 0 Å². The SMILES string of the molecule is C=CC(=O)OC(O)(OC(=O)C=C)C(O)CCCCCCCCCCCC. The summed E-state index contributed by atoms with van der Waals surface area (Å²) in [5.74, 6) is -4.76. The van der Waals surface area contributed by atoms with Crippen molar-refractivity contribution in [2.45, 2.75) is 89.6 Å². The van der Waals surface area contributed by atoms with Gasteiger partial charge < -0.3 is 19.7 Å². The van der Waals surface area contributed by atoms with Crippen LogP contribution in [0.3, 0.4) is 0 Å². The molecular formula is C20H34O6. The first kappa shape index (κ1) is 24.3. The first-order valence-corrected chi connectivity index (χ1v) is 9.50. The third-order valence-corrected chi connectivity index (χ3v) is 4.08. The summed E-state index contributed by atoms with van der Waals surface area (Å²) < 4.78 is 9.24. The number of aliphatic hydroxyl groups excluding tert-OH is 1. The molecule has 0 aliphatic carbocycles. The number of carbonyl (C=O) groups is 2. The first-order chi connectivity index (χ1) is 12.4. The third kappa shape index (κ3) is 11.1. The summed E-state index contributed by atoms with van der Waals surface area (Å²) in [5, 5.41) is 20.3. The summed E-state index contributed by atoms with van der Waals surface area (Å²) in [6, 6.07) is 0. The molecule has 0 aromatic rings. The fourth-order valence-corrected chi connectivity index (χ4v) is 2.54. The Hall–Kier alpha value is -1.66. The second kappa shape index (κ2) is 14.5. The molecule has 0 radical (unpaired) electrons. The van der Waals surface area contributed by atoms with Crippen molar-refractivity contribution >= 4 is 11.9 Å². The maximum atomic E-state index is 11.3. The molecular weight excluding hydrogens is 336 g/mol. The van der Waals surface area contributed by atoms with Gasteiger partial charge in [-0.15, -0.1) is 0 Å². The number of esters is 2. The molecule has 1 atom stereocenters. The number of ether oxygens (including phenoxy) is 2. The Bertz CT molecular complexity index is 410. The van der Waals surface area contributed by atoms with Gasteiger partial charge in [-0.25, -0.2) is 9.59 Å². The fourth-order valence-electron chi connectivity index (χ4n) is 2.54. The van der Waals surface area contributed by atoms with Gasteiger partial charge in [-0.05, 0) is 6.42 Å². The van der Waals surface area contributed by atoms with E-state index in [4.69, 9.17) is 0 Å². The summed E-state index contributed by atoms with van der Waals surface area (Å²) >= 11 is 0. The minimum atomic E-state index is -2.74. The molecule has 0 saturated carbocycles. The van der Waals surface area contributed by atoms with Crippen LogP contribution in [0, 0.1) is 0 Å². The zero-order valence-corrected chi connectivity index (χ0v) is 16.0. The van der Waals surface area contributed by atoms with E-state index in [1.165, 1.54) is 38.5 Å². The highest BCUT2D eigenvalue weighted by Gasteiger charge is 2.43. The lowest BCUT2D eigenvalue weighted by Crippen LogP contribution is -2.49. The van der Waals surface area contributed by atoms with Gasteiger partial charge in [0.05, 0.1) is 0 Å². The van der Waals surface area contributed by atoms with Crippen LogP contribution in [-0.4, -0.2) is 34.2 Å². The van der Waals surface area contributed by atoms with Crippen LogP contribution in [0.5, 0.6) is 0 Å². The molecule has 0 aromatic carbocycles. The van der Waals surface area contributed by atoms with Gasteiger partial charge in [0.1, 0.15) is 0 Å². The maximum absolute atomic E-state index is 11.3. The number of rotatable bonds is 16. The van der Waals surface area contributed by atoms with Gasteiger partial charge in [-0.3, -0.25) is 0 Å². The predicted molar refractivity (Wildman–Crippen MR) is 100.0 cm³/mol. The average Bonchev–Trinajstić information content (AvgIpc) is 2.62. The van der Waals surface area contributed by atoms with Gasteiger partial charge in [0.2, 0.25) is 0 Å². The number of hydrogen-bond donors (Lipinski definition) is 2. The molecule has 0 spiro atoms. The van der Waals surface area contributed by atoms with E-state index in [1.807, 2.05) is 0 Å². The molecule has 26 heavy (non-hydrogen) atoms. The molecule has 2 N–H and O–H groups in total. The summed E-state index contributed by atoms with van der Waals surface area (Å²) in [4.78, 5) is 22.6. The molecule has 1 unspecified atom stereocenters. The Balaban J connectivity index is 4.14. The molecule has 0 bridgehead atoms. The molecule has 0 aliphatic heterocycles. The summed E-state index contributed by atoms with van der Waals surface area (Å²) in [6.45, 7) is 8.61. The second-order valence-corrected chi connectivity index (χ2v) is 6.37. The van der Waals surface area contributed by atoms with Gasteiger partial charge in [-0.1, -0.05) is 84.3 Å². The molecule has 0 aromatic heterocycles. The minimum absolute atomic E-state index is 0.127. The van der Waals surface area contributed by atoms with Gasteiger partial charge in [0, 0.05) is 12.2 Å². The molecule has 0 fully saturated rings. The number of carbonyl (C=O) groups excluding carboxylic acids is 2. The van der Waals surface area contributed by atoms with Gasteiger partial charge >= 0.3 is 17.9 Å². The highest BCUT2D eigenvalue weighted by molar-refractivity contribution is 5.83. The van der Waals surface area contributed by atoms with Crippen LogP contribution >= 0.6 is 0 Å². The second-order valence-electron chi connectivity index (χ2n) is 6.37. The van der Waals surface area contributed by atoms with E-state index in [1.54, 1.807) is 0 Å². The lowest BCUT2D eigenvalue weighted by atomic mass is 10.0. The van der Waals surface area contributed by atoms with E-state index in [9.17, 15) is 19.8 Å². The molecule has 0 saturated heterocycles. The Labute approximate surface area is 156 Å². The van der Waals surface area contributed by atoms with Crippen molar-refractivity contribution in [3.8, 4) is 0 Å². The largest absolute Gasteiger partial charge is 0.401 e. The molecule has 0 heterocycles. The molecule has 6 nitrogen and oxygen atoms in total. The van der Waals surface area contributed by atoms with Crippen LogP contribution in [-0.2, 0) is 19.1 Å². The van der Waals surface area contributed by atoms with Crippen molar-refractivity contribution in [2.24, 2.45) is 0 Å². The molecule has 0 amide bonds. The van der Waals surface area contributed by atoms with Crippen LogP contribution in [0.15, 0.2) is 25.3 Å². The zero-order valence-electron chi connectivity index (χ0n) is 16.0. The smallest absolute Gasteiger partial charge is 0.393 e. The van der Waals surface area contributed by atoms with Gasteiger partial charge in [0.25, 0.3) is 0 Å². The van der Waals surface area contributed by atoms with E-state index >= 15 is 0 Å².